The number of rotatable bonds is 3. The van der Waals surface area contributed by atoms with Crippen LogP contribution in [-0.2, 0) is 0 Å². The molecule has 0 spiro atoms. The van der Waals surface area contributed by atoms with Gasteiger partial charge in [-0.3, -0.25) is 4.79 Å². The van der Waals surface area contributed by atoms with Crippen molar-refractivity contribution in [2.24, 2.45) is 5.73 Å². The van der Waals surface area contributed by atoms with E-state index in [1.165, 1.54) is 6.07 Å². The van der Waals surface area contributed by atoms with Crippen molar-refractivity contribution < 1.29 is 9.18 Å². The predicted molar refractivity (Wildman–Crippen MR) is 64.7 cm³/mol. The molecule has 1 amide bonds. The summed E-state index contributed by atoms with van der Waals surface area (Å²) < 4.78 is 13.9. The number of halogens is 2. The van der Waals surface area contributed by atoms with Gasteiger partial charge in [-0.15, -0.1) is 0 Å². The van der Waals surface area contributed by atoms with Gasteiger partial charge in [0.1, 0.15) is 5.82 Å². The van der Waals surface area contributed by atoms with Crippen molar-refractivity contribution in [1.29, 1.82) is 0 Å². The number of carbonyl (C=O) groups is 1. The van der Waals surface area contributed by atoms with Gasteiger partial charge in [-0.2, -0.15) is 0 Å². The van der Waals surface area contributed by atoms with E-state index in [-0.39, 0.29) is 16.6 Å². The summed E-state index contributed by atoms with van der Waals surface area (Å²) in [6.45, 7) is 3.84. The first-order valence-electron chi connectivity index (χ1n) is 4.84. The highest BCUT2D eigenvalue weighted by atomic mass is 79.9. The number of hydrogen-bond donors (Lipinski definition) is 2. The first kappa shape index (κ1) is 13.1. The van der Waals surface area contributed by atoms with Crippen molar-refractivity contribution >= 4 is 21.8 Å². The lowest BCUT2D eigenvalue weighted by molar-refractivity contribution is 0.0911. The highest BCUT2D eigenvalue weighted by Gasteiger charge is 2.21. The second-order valence-electron chi connectivity index (χ2n) is 4.14. The molecule has 0 aliphatic rings. The lowest BCUT2D eigenvalue weighted by atomic mass is 10.1. The van der Waals surface area contributed by atoms with Gasteiger partial charge in [0.2, 0.25) is 0 Å². The molecule has 1 aromatic carbocycles. The second-order valence-corrected chi connectivity index (χ2v) is 5.00. The Kier molecular flexibility index (Phi) is 4.04. The lowest BCUT2D eigenvalue weighted by Crippen LogP contribution is -2.49. The Morgan fingerprint density at radius 3 is 2.75 bits per heavy atom. The van der Waals surface area contributed by atoms with E-state index in [1.807, 2.05) is 0 Å². The van der Waals surface area contributed by atoms with Gasteiger partial charge in [0.15, 0.2) is 0 Å². The van der Waals surface area contributed by atoms with Crippen LogP contribution in [0.25, 0.3) is 0 Å². The fourth-order valence-corrected chi connectivity index (χ4v) is 1.47. The van der Waals surface area contributed by atoms with E-state index in [0.717, 1.165) is 0 Å². The summed E-state index contributed by atoms with van der Waals surface area (Å²) in [6, 6.07) is 4.58. The number of amides is 1. The van der Waals surface area contributed by atoms with E-state index in [4.69, 9.17) is 5.73 Å². The van der Waals surface area contributed by atoms with Crippen LogP contribution in [0.5, 0.6) is 0 Å². The van der Waals surface area contributed by atoms with Crippen molar-refractivity contribution in [3.63, 3.8) is 0 Å². The Bertz CT molecular complexity index is 407. The van der Waals surface area contributed by atoms with Gasteiger partial charge in [-0.05, 0) is 41.9 Å². The maximum absolute atomic E-state index is 13.6. The highest BCUT2D eigenvalue weighted by Crippen LogP contribution is 2.18. The van der Waals surface area contributed by atoms with Gasteiger partial charge in [0.25, 0.3) is 5.91 Å². The first-order chi connectivity index (χ1) is 7.37. The Labute approximate surface area is 102 Å². The summed E-state index contributed by atoms with van der Waals surface area (Å²) >= 11 is 3.03. The SMILES string of the molecule is CC(C)(CN)NC(=O)c1cccc(Br)c1F. The Morgan fingerprint density at radius 1 is 1.56 bits per heavy atom. The molecule has 0 aliphatic heterocycles. The van der Waals surface area contributed by atoms with Crippen molar-refractivity contribution in [3.8, 4) is 0 Å². The minimum absolute atomic E-state index is 0.0101. The number of hydrogen-bond acceptors (Lipinski definition) is 2. The standard InChI is InChI=1S/C11H14BrFN2O/c1-11(2,6-14)15-10(16)7-4-3-5-8(12)9(7)13/h3-5H,6,14H2,1-2H3,(H,15,16). The molecule has 3 nitrogen and oxygen atoms in total. The average molecular weight is 289 g/mol. The summed E-state index contributed by atoms with van der Waals surface area (Å²) in [5.74, 6) is -1.03. The summed E-state index contributed by atoms with van der Waals surface area (Å²) in [5, 5.41) is 2.67. The van der Waals surface area contributed by atoms with E-state index in [2.05, 4.69) is 21.2 Å². The molecule has 16 heavy (non-hydrogen) atoms. The van der Waals surface area contributed by atoms with Gasteiger partial charge in [-0.1, -0.05) is 6.07 Å². The fourth-order valence-electron chi connectivity index (χ4n) is 1.10. The Morgan fingerprint density at radius 2 is 2.19 bits per heavy atom. The number of carbonyl (C=O) groups excluding carboxylic acids is 1. The molecule has 0 saturated heterocycles. The van der Waals surface area contributed by atoms with Crippen LogP contribution in [0.2, 0.25) is 0 Å². The lowest BCUT2D eigenvalue weighted by Gasteiger charge is -2.24. The molecular weight excluding hydrogens is 275 g/mol. The highest BCUT2D eigenvalue weighted by molar-refractivity contribution is 9.10. The summed E-state index contributed by atoms with van der Waals surface area (Å²) in [4.78, 5) is 11.8. The van der Waals surface area contributed by atoms with Gasteiger partial charge in [0.05, 0.1) is 10.0 Å². The topological polar surface area (TPSA) is 55.1 Å². The Hall–Kier alpha value is -0.940. The number of nitrogens with one attached hydrogen (secondary N) is 1. The number of benzene rings is 1. The van der Waals surface area contributed by atoms with E-state index < -0.39 is 17.3 Å². The fraction of sp³-hybridized carbons (Fsp3) is 0.364. The molecule has 0 saturated carbocycles. The third kappa shape index (κ3) is 3.02. The maximum Gasteiger partial charge on any atom is 0.254 e. The van der Waals surface area contributed by atoms with E-state index in [1.54, 1.807) is 26.0 Å². The van der Waals surface area contributed by atoms with Crippen molar-refractivity contribution in [3.05, 3.63) is 34.1 Å². The summed E-state index contributed by atoms with van der Waals surface area (Å²) in [5.41, 5.74) is 4.94. The predicted octanol–water partition coefficient (Wildman–Crippen LogP) is 2.06. The molecule has 0 heterocycles. The second kappa shape index (κ2) is 4.93. The van der Waals surface area contributed by atoms with Crippen LogP contribution in [-0.4, -0.2) is 18.0 Å². The quantitative estimate of drug-likeness (QED) is 0.895. The van der Waals surface area contributed by atoms with E-state index in [0.29, 0.717) is 0 Å². The molecule has 3 N–H and O–H groups in total. The van der Waals surface area contributed by atoms with Crippen LogP contribution in [0.1, 0.15) is 24.2 Å². The van der Waals surface area contributed by atoms with Gasteiger partial charge < -0.3 is 11.1 Å². The molecule has 0 unspecified atom stereocenters. The third-order valence-electron chi connectivity index (χ3n) is 2.16. The van der Waals surface area contributed by atoms with Crippen LogP contribution in [0.4, 0.5) is 4.39 Å². The third-order valence-corrected chi connectivity index (χ3v) is 2.77. The smallest absolute Gasteiger partial charge is 0.254 e. The van der Waals surface area contributed by atoms with Crippen LogP contribution in [0.3, 0.4) is 0 Å². The largest absolute Gasteiger partial charge is 0.346 e. The van der Waals surface area contributed by atoms with Gasteiger partial charge >= 0.3 is 0 Å². The average Bonchev–Trinajstić information content (AvgIpc) is 2.21. The minimum atomic E-state index is -0.562. The van der Waals surface area contributed by atoms with E-state index >= 15 is 0 Å². The van der Waals surface area contributed by atoms with Crippen LogP contribution in [0, 0.1) is 5.82 Å². The molecule has 0 atom stereocenters. The molecule has 0 radical (unpaired) electrons. The molecule has 88 valence electrons. The summed E-state index contributed by atoms with van der Waals surface area (Å²) in [7, 11) is 0. The first-order valence-corrected chi connectivity index (χ1v) is 5.63. The molecule has 0 bridgehead atoms. The van der Waals surface area contributed by atoms with Crippen LogP contribution >= 0.6 is 15.9 Å². The molecule has 0 aliphatic carbocycles. The normalized spacial score (nSPS) is 11.3. The number of nitrogens with two attached hydrogens (primary N) is 1. The molecule has 1 aromatic rings. The van der Waals surface area contributed by atoms with Crippen molar-refractivity contribution in [2.45, 2.75) is 19.4 Å². The van der Waals surface area contributed by atoms with Crippen LogP contribution in [0.15, 0.2) is 22.7 Å². The van der Waals surface area contributed by atoms with Gasteiger partial charge in [-0.25, -0.2) is 4.39 Å². The zero-order valence-electron chi connectivity index (χ0n) is 9.18. The Balaban J connectivity index is 2.94. The van der Waals surface area contributed by atoms with E-state index in [9.17, 15) is 9.18 Å². The van der Waals surface area contributed by atoms with Crippen LogP contribution < -0.4 is 11.1 Å². The minimum Gasteiger partial charge on any atom is -0.346 e. The summed E-state index contributed by atoms with van der Waals surface area (Å²) in [6.07, 6.45) is 0. The van der Waals surface area contributed by atoms with Gasteiger partial charge in [0, 0.05) is 12.1 Å². The molecule has 0 aromatic heterocycles. The van der Waals surface area contributed by atoms with Crippen molar-refractivity contribution in [1.82, 2.24) is 5.32 Å². The monoisotopic (exact) mass is 288 g/mol. The molecule has 0 fully saturated rings. The molecule has 1 rings (SSSR count). The zero-order valence-corrected chi connectivity index (χ0v) is 10.8. The maximum atomic E-state index is 13.6. The van der Waals surface area contributed by atoms with Crippen molar-refractivity contribution in [2.75, 3.05) is 6.54 Å². The zero-order chi connectivity index (χ0) is 12.3. The molecular formula is C11H14BrFN2O. The molecule has 5 heteroatoms.